The number of carbonyl (C=O) groups excluding carboxylic acids is 1. The van der Waals surface area contributed by atoms with Crippen LogP contribution in [-0.2, 0) is 11.2 Å². The Hall–Kier alpha value is -3.38. The lowest BCUT2D eigenvalue weighted by Gasteiger charge is -2.34. The van der Waals surface area contributed by atoms with E-state index in [1.54, 1.807) is 12.1 Å². The highest BCUT2D eigenvalue weighted by Gasteiger charge is 2.23. The highest BCUT2D eigenvalue weighted by atomic mass is 16.4. The first-order valence-corrected chi connectivity index (χ1v) is 10.5. The molecule has 1 amide bonds. The van der Waals surface area contributed by atoms with Crippen molar-refractivity contribution in [2.45, 2.75) is 13.3 Å². The van der Waals surface area contributed by atoms with Crippen molar-refractivity contribution in [3.8, 4) is 5.75 Å². The molecule has 6 nitrogen and oxygen atoms in total. The summed E-state index contributed by atoms with van der Waals surface area (Å²) in [5, 5.41) is 10.3. The van der Waals surface area contributed by atoms with E-state index in [0.29, 0.717) is 24.2 Å². The molecule has 3 aromatic rings. The summed E-state index contributed by atoms with van der Waals surface area (Å²) in [4.78, 5) is 29.4. The van der Waals surface area contributed by atoms with Gasteiger partial charge in [-0.2, -0.15) is 0 Å². The van der Waals surface area contributed by atoms with Crippen LogP contribution >= 0.6 is 0 Å². The minimum atomic E-state index is -0.520. The normalized spacial score (nSPS) is 15.1. The number of piperazine rings is 1. The molecule has 0 unspecified atom stereocenters. The van der Waals surface area contributed by atoms with Crippen molar-refractivity contribution in [1.29, 1.82) is 0 Å². The summed E-state index contributed by atoms with van der Waals surface area (Å²) in [5.41, 5.74) is 2.10. The maximum absolute atomic E-state index is 12.8. The number of aryl methyl sites for hydroxylation is 1. The van der Waals surface area contributed by atoms with Crippen LogP contribution in [-0.4, -0.2) is 53.5 Å². The Kier molecular flexibility index (Phi) is 6.18. The summed E-state index contributed by atoms with van der Waals surface area (Å²) in [7, 11) is 0. The van der Waals surface area contributed by atoms with E-state index < -0.39 is 5.63 Å². The lowest BCUT2D eigenvalue weighted by atomic mass is 10.0. The second kappa shape index (κ2) is 9.18. The van der Waals surface area contributed by atoms with Gasteiger partial charge in [-0.25, -0.2) is 4.79 Å². The molecule has 160 valence electrons. The van der Waals surface area contributed by atoms with Crippen LogP contribution in [0.5, 0.6) is 5.75 Å². The van der Waals surface area contributed by atoms with E-state index in [-0.39, 0.29) is 18.1 Å². The Morgan fingerprint density at radius 1 is 1.10 bits per heavy atom. The van der Waals surface area contributed by atoms with Crippen LogP contribution in [0.4, 0.5) is 0 Å². The number of hydrogen-bond donors (Lipinski definition) is 1. The van der Waals surface area contributed by atoms with Crippen LogP contribution in [0.15, 0.2) is 63.8 Å². The fraction of sp³-hybridized carbons (Fsp3) is 0.280. The first-order chi connectivity index (χ1) is 15.0. The summed E-state index contributed by atoms with van der Waals surface area (Å²) in [6.45, 7) is 5.55. The standard InChI is InChI=1S/C25H26N2O4/c1-18-21-10-9-20(28)16-23(21)31-25(30)22(18)17-24(29)27-14-12-26(13-15-27)11-5-8-19-6-3-2-4-7-19/h2-10,16,28H,11-15,17H2,1H3. The molecule has 1 aliphatic rings. The number of phenolic OH excluding ortho intramolecular Hbond substituents is 1. The zero-order valence-electron chi connectivity index (χ0n) is 17.6. The van der Waals surface area contributed by atoms with Gasteiger partial charge in [0.15, 0.2) is 0 Å². The number of rotatable bonds is 5. The molecule has 0 saturated carbocycles. The quantitative estimate of drug-likeness (QED) is 0.644. The highest BCUT2D eigenvalue weighted by Crippen LogP contribution is 2.23. The van der Waals surface area contributed by atoms with Gasteiger partial charge in [0, 0.05) is 44.2 Å². The van der Waals surface area contributed by atoms with Gasteiger partial charge in [0.05, 0.1) is 12.0 Å². The summed E-state index contributed by atoms with van der Waals surface area (Å²) in [6.07, 6.45) is 4.28. The predicted octanol–water partition coefficient (Wildman–Crippen LogP) is 3.21. The topological polar surface area (TPSA) is 74.0 Å². The van der Waals surface area contributed by atoms with E-state index in [1.807, 2.05) is 30.0 Å². The molecule has 1 saturated heterocycles. The molecule has 1 fully saturated rings. The van der Waals surface area contributed by atoms with Gasteiger partial charge in [0.1, 0.15) is 11.3 Å². The maximum Gasteiger partial charge on any atom is 0.340 e. The number of amides is 1. The molecular weight excluding hydrogens is 392 g/mol. The van der Waals surface area contributed by atoms with Crippen molar-refractivity contribution in [2.75, 3.05) is 32.7 Å². The molecule has 31 heavy (non-hydrogen) atoms. The van der Waals surface area contributed by atoms with Crippen molar-refractivity contribution >= 4 is 23.0 Å². The van der Waals surface area contributed by atoms with E-state index >= 15 is 0 Å². The zero-order chi connectivity index (χ0) is 21.8. The van der Waals surface area contributed by atoms with Gasteiger partial charge in [-0.3, -0.25) is 9.69 Å². The zero-order valence-corrected chi connectivity index (χ0v) is 17.6. The SMILES string of the molecule is Cc1c(CC(=O)N2CCN(CC=Cc3ccccc3)CC2)c(=O)oc2cc(O)ccc12. The molecule has 1 aromatic heterocycles. The number of fused-ring (bicyclic) bond motifs is 1. The van der Waals surface area contributed by atoms with E-state index in [4.69, 9.17) is 4.42 Å². The Morgan fingerprint density at radius 2 is 1.84 bits per heavy atom. The number of hydrogen-bond acceptors (Lipinski definition) is 5. The first-order valence-electron chi connectivity index (χ1n) is 10.5. The van der Waals surface area contributed by atoms with Gasteiger partial charge in [0.25, 0.3) is 0 Å². The Labute approximate surface area is 181 Å². The monoisotopic (exact) mass is 418 g/mol. The lowest BCUT2D eigenvalue weighted by Crippen LogP contribution is -2.49. The van der Waals surface area contributed by atoms with Crippen molar-refractivity contribution in [3.05, 3.63) is 81.7 Å². The molecule has 0 aliphatic carbocycles. The number of aromatic hydroxyl groups is 1. The molecule has 6 heteroatoms. The molecule has 0 bridgehead atoms. The lowest BCUT2D eigenvalue weighted by molar-refractivity contribution is -0.132. The molecule has 2 heterocycles. The van der Waals surface area contributed by atoms with Crippen LogP contribution in [0.2, 0.25) is 0 Å². The van der Waals surface area contributed by atoms with Crippen LogP contribution in [0.1, 0.15) is 16.7 Å². The fourth-order valence-corrected chi connectivity index (χ4v) is 3.93. The van der Waals surface area contributed by atoms with Crippen molar-refractivity contribution in [2.24, 2.45) is 0 Å². The van der Waals surface area contributed by atoms with Crippen LogP contribution in [0.3, 0.4) is 0 Å². The molecule has 1 aliphatic heterocycles. The van der Waals surface area contributed by atoms with Gasteiger partial charge in [0.2, 0.25) is 5.91 Å². The molecule has 0 atom stereocenters. The third-order valence-electron chi connectivity index (χ3n) is 5.80. The number of carbonyl (C=O) groups is 1. The number of nitrogens with zero attached hydrogens (tertiary/aromatic N) is 2. The first kappa shape index (κ1) is 20.9. The fourth-order valence-electron chi connectivity index (χ4n) is 3.93. The summed E-state index contributed by atoms with van der Waals surface area (Å²) in [6, 6.07) is 14.9. The highest BCUT2D eigenvalue weighted by molar-refractivity contribution is 5.85. The third-order valence-corrected chi connectivity index (χ3v) is 5.80. The van der Waals surface area contributed by atoms with E-state index in [0.717, 1.165) is 30.6 Å². The van der Waals surface area contributed by atoms with Gasteiger partial charge in [-0.1, -0.05) is 42.5 Å². The van der Waals surface area contributed by atoms with Gasteiger partial charge < -0.3 is 14.4 Å². The third kappa shape index (κ3) is 4.86. The summed E-state index contributed by atoms with van der Waals surface area (Å²) < 4.78 is 5.34. The van der Waals surface area contributed by atoms with Crippen molar-refractivity contribution in [3.63, 3.8) is 0 Å². The summed E-state index contributed by atoms with van der Waals surface area (Å²) >= 11 is 0. The Balaban J connectivity index is 1.36. The molecule has 0 radical (unpaired) electrons. The van der Waals surface area contributed by atoms with Crippen molar-refractivity contribution in [1.82, 2.24) is 9.80 Å². The average molecular weight is 418 g/mol. The van der Waals surface area contributed by atoms with Crippen LogP contribution in [0, 0.1) is 6.92 Å². The minimum Gasteiger partial charge on any atom is -0.508 e. The second-order valence-electron chi connectivity index (χ2n) is 7.84. The van der Waals surface area contributed by atoms with Crippen LogP contribution in [0.25, 0.3) is 17.0 Å². The average Bonchev–Trinajstić information content (AvgIpc) is 2.77. The molecule has 2 aromatic carbocycles. The van der Waals surface area contributed by atoms with E-state index in [1.165, 1.54) is 11.6 Å². The number of benzene rings is 2. The van der Waals surface area contributed by atoms with Crippen molar-refractivity contribution < 1.29 is 14.3 Å². The smallest absolute Gasteiger partial charge is 0.340 e. The van der Waals surface area contributed by atoms with Gasteiger partial charge in [-0.15, -0.1) is 0 Å². The largest absolute Gasteiger partial charge is 0.508 e. The van der Waals surface area contributed by atoms with E-state index in [9.17, 15) is 14.7 Å². The predicted molar refractivity (Wildman–Crippen MR) is 121 cm³/mol. The Bertz CT molecular complexity index is 1160. The van der Waals surface area contributed by atoms with Gasteiger partial charge >= 0.3 is 5.63 Å². The van der Waals surface area contributed by atoms with E-state index in [2.05, 4.69) is 29.2 Å². The van der Waals surface area contributed by atoms with Gasteiger partial charge in [-0.05, 0) is 30.2 Å². The maximum atomic E-state index is 12.8. The minimum absolute atomic E-state index is 0.0267. The second-order valence-corrected chi connectivity index (χ2v) is 7.84. The molecular formula is C25H26N2O4. The number of phenols is 1. The molecule has 4 rings (SSSR count). The summed E-state index contributed by atoms with van der Waals surface area (Å²) in [5.74, 6) is -0.0247. The molecule has 0 spiro atoms. The molecule has 1 N–H and O–H groups in total. The Morgan fingerprint density at radius 3 is 2.58 bits per heavy atom. The van der Waals surface area contributed by atoms with Crippen LogP contribution < -0.4 is 5.63 Å².